The molecule has 1 aromatic heterocycles. The van der Waals surface area contributed by atoms with Gasteiger partial charge in [-0.1, -0.05) is 24.3 Å². The fourth-order valence-electron chi connectivity index (χ4n) is 4.01. The van der Waals surface area contributed by atoms with Crippen molar-refractivity contribution in [2.24, 2.45) is 0 Å². The van der Waals surface area contributed by atoms with Crippen molar-refractivity contribution in [1.29, 1.82) is 0 Å². The van der Waals surface area contributed by atoms with Crippen molar-refractivity contribution in [1.82, 2.24) is 15.3 Å². The summed E-state index contributed by atoms with van der Waals surface area (Å²) in [5, 5.41) is 18.8. The van der Waals surface area contributed by atoms with Crippen LogP contribution >= 0.6 is 0 Å². The van der Waals surface area contributed by atoms with Crippen LogP contribution in [0.2, 0.25) is 0 Å². The third-order valence-corrected chi connectivity index (χ3v) is 5.97. The standard InChI is InChI=1S/C30H33N5O8/c1-39-13-14-42-16-15-41-12-11-31-28(36)20-17-21(19-22(18-20)40-2)33-29-32-10-9-27(35-29)43-26-8-7-25(34-30(37)38)23-5-3-4-6-24(23)26/h3-10,17-19,34H,11-16H2,1-2H3,(H,31,36)(H,37,38)(H,32,33,35). The SMILES string of the molecule is COCCOCCOCCNC(=O)c1cc(Nc2nccc(Oc3ccc(NC(=O)O)c4ccccc34)n2)cc(OC)c1. The molecular formula is C30H33N5O8. The number of benzene rings is 3. The number of hydrogen-bond acceptors (Lipinski definition) is 10. The van der Waals surface area contributed by atoms with Crippen LogP contribution in [0.3, 0.4) is 0 Å². The Morgan fingerprint density at radius 3 is 2.42 bits per heavy atom. The quantitative estimate of drug-likeness (QED) is 0.134. The highest BCUT2D eigenvalue weighted by Gasteiger charge is 2.13. The molecule has 226 valence electrons. The average molecular weight is 592 g/mol. The van der Waals surface area contributed by atoms with Crippen molar-refractivity contribution < 1.29 is 38.4 Å². The van der Waals surface area contributed by atoms with Gasteiger partial charge in [-0.25, -0.2) is 9.78 Å². The molecule has 0 fully saturated rings. The molecule has 0 unspecified atom stereocenters. The number of hydrogen-bond donors (Lipinski definition) is 4. The highest BCUT2D eigenvalue weighted by atomic mass is 16.5. The van der Waals surface area contributed by atoms with Crippen LogP contribution in [0.15, 0.2) is 66.9 Å². The van der Waals surface area contributed by atoms with Crippen LogP contribution in [-0.2, 0) is 14.2 Å². The first-order chi connectivity index (χ1) is 21.0. The summed E-state index contributed by atoms with van der Waals surface area (Å²) in [6.45, 7) is 2.55. The molecule has 0 spiro atoms. The minimum atomic E-state index is -1.16. The van der Waals surface area contributed by atoms with E-state index in [2.05, 4.69) is 25.9 Å². The van der Waals surface area contributed by atoms with Gasteiger partial charge >= 0.3 is 6.09 Å². The summed E-state index contributed by atoms with van der Waals surface area (Å²) >= 11 is 0. The van der Waals surface area contributed by atoms with E-state index in [1.54, 1.807) is 49.6 Å². The number of amides is 2. The lowest BCUT2D eigenvalue weighted by molar-refractivity contribution is 0.0255. The van der Waals surface area contributed by atoms with Crippen LogP contribution in [0.1, 0.15) is 10.4 Å². The van der Waals surface area contributed by atoms with Gasteiger partial charge < -0.3 is 39.4 Å². The lowest BCUT2D eigenvalue weighted by Gasteiger charge is -2.13. The Hall–Kier alpha value is -4.98. The monoisotopic (exact) mass is 591 g/mol. The lowest BCUT2D eigenvalue weighted by Crippen LogP contribution is -2.27. The van der Waals surface area contributed by atoms with Gasteiger partial charge in [0.1, 0.15) is 11.5 Å². The summed E-state index contributed by atoms with van der Waals surface area (Å²) < 4.78 is 27.2. The highest BCUT2D eigenvalue weighted by Crippen LogP contribution is 2.34. The lowest BCUT2D eigenvalue weighted by atomic mass is 10.1. The molecule has 0 atom stereocenters. The minimum Gasteiger partial charge on any atom is -0.497 e. The fraction of sp³-hybridized carbons (Fsp3) is 0.267. The summed E-state index contributed by atoms with van der Waals surface area (Å²) in [5.41, 5.74) is 1.34. The Bertz CT molecular complexity index is 1530. The maximum atomic E-state index is 12.8. The Kier molecular flexibility index (Phi) is 11.4. The van der Waals surface area contributed by atoms with Gasteiger partial charge in [-0.15, -0.1) is 0 Å². The summed E-state index contributed by atoms with van der Waals surface area (Å²) in [4.78, 5) is 32.7. The van der Waals surface area contributed by atoms with Crippen molar-refractivity contribution in [2.45, 2.75) is 0 Å². The zero-order valence-electron chi connectivity index (χ0n) is 23.8. The van der Waals surface area contributed by atoms with Crippen molar-refractivity contribution in [2.75, 3.05) is 64.4 Å². The molecule has 0 aliphatic rings. The van der Waals surface area contributed by atoms with E-state index in [-0.39, 0.29) is 17.7 Å². The molecule has 13 nitrogen and oxygen atoms in total. The van der Waals surface area contributed by atoms with Crippen LogP contribution in [0.4, 0.5) is 22.1 Å². The smallest absolute Gasteiger partial charge is 0.409 e. The van der Waals surface area contributed by atoms with Crippen LogP contribution in [0.25, 0.3) is 10.8 Å². The molecule has 43 heavy (non-hydrogen) atoms. The van der Waals surface area contributed by atoms with E-state index in [0.29, 0.717) is 78.8 Å². The maximum absolute atomic E-state index is 12.8. The summed E-state index contributed by atoms with van der Waals surface area (Å²) in [5.74, 6) is 1.14. The normalized spacial score (nSPS) is 10.7. The molecule has 0 aliphatic heterocycles. The Balaban J connectivity index is 1.39. The zero-order chi connectivity index (χ0) is 30.4. The number of carbonyl (C=O) groups is 2. The molecule has 0 bridgehead atoms. The van der Waals surface area contributed by atoms with Gasteiger partial charge in [-0.2, -0.15) is 4.98 Å². The highest BCUT2D eigenvalue weighted by molar-refractivity contribution is 6.02. The molecule has 2 amide bonds. The summed E-state index contributed by atoms with van der Waals surface area (Å²) in [7, 11) is 3.12. The third kappa shape index (κ3) is 9.26. The van der Waals surface area contributed by atoms with E-state index in [1.165, 1.54) is 13.3 Å². The van der Waals surface area contributed by atoms with E-state index < -0.39 is 6.09 Å². The predicted octanol–water partition coefficient (Wildman–Crippen LogP) is 4.67. The fourth-order valence-corrected chi connectivity index (χ4v) is 4.01. The summed E-state index contributed by atoms with van der Waals surface area (Å²) in [6, 6.07) is 17.1. The van der Waals surface area contributed by atoms with Crippen LogP contribution < -0.4 is 25.4 Å². The van der Waals surface area contributed by atoms with E-state index in [4.69, 9.17) is 28.8 Å². The van der Waals surface area contributed by atoms with Crippen LogP contribution in [0.5, 0.6) is 17.4 Å². The number of carbonyl (C=O) groups excluding carboxylic acids is 1. The van der Waals surface area contributed by atoms with E-state index in [1.807, 2.05) is 18.2 Å². The molecule has 0 saturated carbocycles. The van der Waals surface area contributed by atoms with Gasteiger partial charge in [0.15, 0.2) is 0 Å². The minimum absolute atomic E-state index is 0.228. The Morgan fingerprint density at radius 2 is 1.65 bits per heavy atom. The van der Waals surface area contributed by atoms with Crippen molar-refractivity contribution >= 4 is 40.1 Å². The van der Waals surface area contributed by atoms with E-state index in [9.17, 15) is 9.59 Å². The van der Waals surface area contributed by atoms with Gasteiger partial charge in [0, 0.05) is 54.0 Å². The molecular weight excluding hydrogens is 558 g/mol. The molecule has 0 radical (unpaired) electrons. The zero-order valence-corrected chi connectivity index (χ0v) is 23.8. The first-order valence-electron chi connectivity index (χ1n) is 13.4. The average Bonchev–Trinajstić information content (AvgIpc) is 3.01. The van der Waals surface area contributed by atoms with Gasteiger partial charge in [-0.05, 0) is 24.3 Å². The van der Waals surface area contributed by atoms with Crippen molar-refractivity contribution in [3.05, 3.63) is 72.4 Å². The number of aromatic nitrogens is 2. The van der Waals surface area contributed by atoms with Gasteiger partial charge in [0.2, 0.25) is 11.8 Å². The number of carboxylic acid groups (broad SMARTS) is 1. The molecule has 3 aromatic carbocycles. The maximum Gasteiger partial charge on any atom is 0.409 e. The molecule has 4 N–H and O–H groups in total. The number of nitrogens with one attached hydrogen (secondary N) is 3. The number of methoxy groups -OCH3 is 2. The first kappa shape index (κ1) is 31.0. The van der Waals surface area contributed by atoms with Gasteiger partial charge in [0.25, 0.3) is 5.91 Å². The molecule has 4 aromatic rings. The molecule has 4 rings (SSSR count). The van der Waals surface area contributed by atoms with E-state index in [0.717, 1.165) is 0 Å². The van der Waals surface area contributed by atoms with Crippen LogP contribution in [0, 0.1) is 0 Å². The second-order valence-corrected chi connectivity index (χ2v) is 8.96. The summed E-state index contributed by atoms with van der Waals surface area (Å²) in [6.07, 6.45) is 0.372. The second kappa shape index (κ2) is 15.9. The molecule has 13 heteroatoms. The molecule has 1 heterocycles. The number of fused-ring (bicyclic) bond motifs is 1. The van der Waals surface area contributed by atoms with Gasteiger partial charge in [0.05, 0.1) is 45.8 Å². The number of rotatable bonds is 16. The Labute approximate surface area is 248 Å². The largest absolute Gasteiger partial charge is 0.497 e. The molecule has 0 aliphatic carbocycles. The predicted molar refractivity (Wildman–Crippen MR) is 160 cm³/mol. The number of ether oxygens (including phenoxy) is 5. The topological polar surface area (TPSA) is 162 Å². The van der Waals surface area contributed by atoms with Crippen molar-refractivity contribution in [3.8, 4) is 17.4 Å². The first-order valence-corrected chi connectivity index (χ1v) is 13.4. The second-order valence-electron chi connectivity index (χ2n) is 8.96. The van der Waals surface area contributed by atoms with Crippen LogP contribution in [-0.4, -0.2) is 80.9 Å². The Morgan fingerprint density at radius 1 is 0.884 bits per heavy atom. The molecule has 0 saturated heterocycles. The van der Waals surface area contributed by atoms with Crippen molar-refractivity contribution in [3.63, 3.8) is 0 Å². The van der Waals surface area contributed by atoms with E-state index >= 15 is 0 Å². The number of anilines is 3. The third-order valence-electron chi connectivity index (χ3n) is 5.97. The van der Waals surface area contributed by atoms with Gasteiger partial charge in [-0.3, -0.25) is 10.1 Å². The number of nitrogens with zero attached hydrogens (tertiary/aromatic N) is 2.